The number of nitrogens with zero attached hydrogens (tertiary/aromatic N) is 1. The van der Waals surface area contributed by atoms with Crippen molar-refractivity contribution in [3.05, 3.63) is 0 Å². The minimum atomic E-state index is -3.61. The summed E-state index contributed by atoms with van der Waals surface area (Å²) in [4.78, 5) is 10.8. The fraction of sp³-hybridized carbons (Fsp3) is 0.875. The number of carbonyl (C=O) groups is 1. The van der Waals surface area contributed by atoms with Gasteiger partial charge in [0.05, 0.1) is 0 Å². The Hall–Kier alpha value is -0.660. The van der Waals surface area contributed by atoms with Gasteiger partial charge in [0.25, 0.3) is 0 Å². The Labute approximate surface area is 90.5 Å². The smallest absolute Gasteiger partial charge is 0.369 e. The summed E-state index contributed by atoms with van der Waals surface area (Å²) in [5.74, 6) is -1.61. The highest BCUT2D eigenvalue weighted by atomic mass is 32.2. The number of quaternary nitrogens is 1. The molecule has 0 aliphatic rings. The van der Waals surface area contributed by atoms with E-state index < -0.39 is 22.2 Å². The van der Waals surface area contributed by atoms with Crippen LogP contribution in [0.3, 0.4) is 0 Å². The number of carboxylic acids is 1. The van der Waals surface area contributed by atoms with Crippen LogP contribution in [0.15, 0.2) is 0 Å². The lowest BCUT2D eigenvalue weighted by Crippen LogP contribution is -2.98. The van der Waals surface area contributed by atoms with E-state index in [0.29, 0.717) is 6.42 Å². The van der Waals surface area contributed by atoms with Crippen molar-refractivity contribution in [1.82, 2.24) is 4.31 Å². The lowest BCUT2D eigenvalue weighted by Gasteiger charge is -2.22. The first kappa shape index (κ1) is 14.3. The standard InChI is InChI=1S/C8H18N2O4S/c1-5-6(2)7(8(11)12)9-15(13,14)10(3)4/h6-7,9H,5H2,1-4H3,(H,11,12)/t6-,7-/m0/s1. The van der Waals surface area contributed by atoms with Crippen LogP contribution in [-0.4, -0.2) is 38.8 Å². The zero-order valence-corrected chi connectivity index (χ0v) is 10.2. The van der Waals surface area contributed by atoms with Gasteiger partial charge in [-0.3, -0.25) is 0 Å². The van der Waals surface area contributed by atoms with E-state index in [-0.39, 0.29) is 5.92 Å². The van der Waals surface area contributed by atoms with Gasteiger partial charge in [0.2, 0.25) is 0 Å². The quantitative estimate of drug-likeness (QED) is 0.554. The number of nitrogens with two attached hydrogens (primary N) is 1. The molecule has 0 aliphatic carbocycles. The van der Waals surface area contributed by atoms with Gasteiger partial charge in [-0.2, -0.15) is 12.7 Å². The summed E-state index contributed by atoms with van der Waals surface area (Å²) in [6, 6.07) is -1.07. The lowest BCUT2D eigenvalue weighted by atomic mass is 10.0. The normalized spacial score (nSPS) is 16.3. The van der Waals surface area contributed by atoms with Crippen molar-refractivity contribution in [3.63, 3.8) is 0 Å². The fourth-order valence-electron chi connectivity index (χ4n) is 0.983. The second kappa shape index (κ2) is 5.43. The molecule has 0 aromatic carbocycles. The predicted octanol–water partition coefficient (Wildman–Crippen LogP) is -2.48. The molecule has 0 radical (unpaired) electrons. The molecule has 2 atom stereocenters. The van der Waals surface area contributed by atoms with Crippen LogP contribution in [0.4, 0.5) is 0 Å². The van der Waals surface area contributed by atoms with E-state index >= 15 is 0 Å². The second-order valence-electron chi connectivity index (χ2n) is 3.69. The maximum Gasteiger partial charge on any atom is 0.369 e. The first-order valence-electron chi connectivity index (χ1n) is 4.70. The Bertz CT molecular complexity index is 313. The van der Waals surface area contributed by atoms with Crippen molar-refractivity contribution >= 4 is 16.2 Å². The molecule has 15 heavy (non-hydrogen) atoms. The summed E-state index contributed by atoms with van der Waals surface area (Å²) in [5.41, 5.74) is 0. The molecule has 0 saturated heterocycles. The lowest BCUT2D eigenvalue weighted by molar-refractivity contribution is -0.552. The van der Waals surface area contributed by atoms with Crippen molar-refractivity contribution in [2.75, 3.05) is 14.1 Å². The van der Waals surface area contributed by atoms with Crippen molar-refractivity contribution < 1.29 is 23.0 Å². The molecule has 0 aliphatic heterocycles. The maximum absolute atomic E-state index is 11.4. The van der Waals surface area contributed by atoms with Crippen LogP contribution in [0.1, 0.15) is 20.3 Å². The average Bonchev–Trinajstić information content (AvgIpc) is 2.12. The highest BCUT2D eigenvalue weighted by molar-refractivity contribution is 7.82. The summed E-state index contributed by atoms with van der Waals surface area (Å²) >= 11 is 0. The third kappa shape index (κ3) is 4.15. The number of hydrogen-bond acceptors (Lipinski definition) is 4. The molecule has 0 spiro atoms. The van der Waals surface area contributed by atoms with Crippen LogP contribution in [0.5, 0.6) is 0 Å². The molecule has 90 valence electrons. The number of rotatable bonds is 6. The second-order valence-corrected chi connectivity index (χ2v) is 5.73. The molecule has 0 heterocycles. The zero-order chi connectivity index (χ0) is 12.2. The van der Waals surface area contributed by atoms with Crippen LogP contribution in [-0.2, 0) is 15.0 Å². The molecule has 6 nitrogen and oxygen atoms in total. The van der Waals surface area contributed by atoms with Crippen LogP contribution in [0, 0.1) is 5.92 Å². The first-order valence-corrected chi connectivity index (χ1v) is 6.21. The molecule has 0 aromatic rings. The minimum Gasteiger partial charge on any atom is -0.544 e. The van der Waals surface area contributed by atoms with Crippen LogP contribution in [0.25, 0.3) is 0 Å². The summed E-state index contributed by atoms with van der Waals surface area (Å²) in [6.45, 7) is 3.48. The van der Waals surface area contributed by atoms with Crippen molar-refractivity contribution in [3.8, 4) is 0 Å². The van der Waals surface area contributed by atoms with Crippen molar-refractivity contribution in [1.29, 1.82) is 0 Å². The Morgan fingerprint density at radius 3 is 2.20 bits per heavy atom. The Kier molecular flexibility index (Phi) is 5.19. The van der Waals surface area contributed by atoms with Crippen LogP contribution < -0.4 is 9.83 Å². The average molecular weight is 238 g/mol. The molecular weight excluding hydrogens is 220 g/mol. The Morgan fingerprint density at radius 2 is 1.93 bits per heavy atom. The van der Waals surface area contributed by atoms with Gasteiger partial charge < -0.3 is 9.90 Å². The number of aliphatic carboxylic acids is 1. The molecule has 7 heteroatoms. The topological polar surface area (TPSA) is 94.1 Å². The third-order valence-corrected chi connectivity index (χ3v) is 4.01. The van der Waals surface area contributed by atoms with Gasteiger partial charge in [0.1, 0.15) is 12.0 Å². The van der Waals surface area contributed by atoms with Crippen LogP contribution in [0.2, 0.25) is 0 Å². The van der Waals surface area contributed by atoms with Gasteiger partial charge in [-0.25, -0.2) is 4.72 Å². The monoisotopic (exact) mass is 238 g/mol. The molecule has 0 fully saturated rings. The molecular formula is C8H18N2O4S. The molecule has 2 N–H and O–H groups in total. The van der Waals surface area contributed by atoms with E-state index in [1.54, 1.807) is 13.8 Å². The van der Waals surface area contributed by atoms with E-state index in [9.17, 15) is 18.3 Å². The van der Waals surface area contributed by atoms with E-state index in [4.69, 9.17) is 0 Å². The first-order chi connectivity index (χ1) is 6.72. The van der Waals surface area contributed by atoms with Crippen LogP contribution >= 0.6 is 0 Å². The van der Waals surface area contributed by atoms with Gasteiger partial charge in [0, 0.05) is 20.0 Å². The Morgan fingerprint density at radius 1 is 1.47 bits per heavy atom. The highest BCUT2D eigenvalue weighted by Gasteiger charge is 2.28. The zero-order valence-electron chi connectivity index (χ0n) is 9.43. The molecule has 0 amide bonds. The van der Waals surface area contributed by atoms with Gasteiger partial charge >= 0.3 is 10.2 Å². The highest BCUT2D eigenvalue weighted by Crippen LogP contribution is 2.03. The minimum absolute atomic E-state index is 0.260. The van der Waals surface area contributed by atoms with E-state index in [1.165, 1.54) is 14.1 Å². The number of hydrogen-bond donors (Lipinski definition) is 1. The van der Waals surface area contributed by atoms with Gasteiger partial charge in [-0.05, 0) is 6.42 Å². The molecule has 0 aromatic heterocycles. The van der Waals surface area contributed by atoms with Crippen molar-refractivity contribution in [2.24, 2.45) is 5.92 Å². The summed E-state index contributed by atoms with van der Waals surface area (Å²) in [5, 5.41) is 10.8. The van der Waals surface area contributed by atoms with Crippen molar-refractivity contribution in [2.45, 2.75) is 26.3 Å². The summed E-state index contributed by atoms with van der Waals surface area (Å²) in [7, 11) is -0.898. The number of carboxylic acid groups (broad SMARTS) is 1. The Balaban J connectivity index is 4.78. The van der Waals surface area contributed by atoms with E-state index in [1.807, 2.05) is 0 Å². The van der Waals surface area contributed by atoms with E-state index in [2.05, 4.69) is 0 Å². The molecule has 0 rings (SSSR count). The third-order valence-electron chi connectivity index (χ3n) is 2.36. The molecule has 0 bridgehead atoms. The molecule has 0 unspecified atom stereocenters. The van der Waals surface area contributed by atoms with E-state index in [0.717, 1.165) is 9.03 Å². The number of carbonyl (C=O) groups excluding carboxylic acids is 1. The molecule has 0 saturated carbocycles. The van der Waals surface area contributed by atoms with Gasteiger partial charge in [-0.15, -0.1) is 0 Å². The SMILES string of the molecule is CC[C@H](C)[C@H]([NH2+]S(=O)(=O)N(C)C)C(=O)[O-]. The largest absolute Gasteiger partial charge is 0.544 e. The van der Waals surface area contributed by atoms with Gasteiger partial charge in [0.15, 0.2) is 0 Å². The summed E-state index contributed by atoms with van der Waals surface area (Å²) < 4.78 is 24.7. The fourth-order valence-corrected chi connectivity index (χ4v) is 1.98. The summed E-state index contributed by atoms with van der Waals surface area (Å²) in [6.07, 6.45) is 0.581. The maximum atomic E-state index is 11.4. The predicted molar refractivity (Wildman–Crippen MR) is 52.8 cm³/mol. The van der Waals surface area contributed by atoms with Gasteiger partial charge in [-0.1, -0.05) is 13.8 Å².